The van der Waals surface area contributed by atoms with Crippen LogP contribution in [0.5, 0.6) is 5.75 Å². The van der Waals surface area contributed by atoms with Crippen LogP contribution in [0.4, 0.5) is 42.2 Å². The predicted octanol–water partition coefficient (Wildman–Crippen LogP) is 37.1. The molecule has 0 N–H and O–H groups in total. The number of halogens is 6. The van der Waals surface area contributed by atoms with E-state index < -0.39 is 7.81 Å². The maximum Gasteiger partial charge on any atom is 0.0710 e. The molecule has 736 valence electrons. The van der Waals surface area contributed by atoms with Crippen molar-refractivity contribution < 1.29 is 34.5 Å². The summed E-state index contributed by atoms with van der Waals surface area (Å²) < 4.78 is 84.0. The maximum atomic E-state index is 9.87. The predicted molar refractivity (Wildman–Crippen MR) is 609 cm³/mol. The summed E-state index contributed by atoms with van der Waals surface area (Å²) in [6.07, 6.45) is 11.1. The summed E-state index contributed by atoms with van der Waals surface area (Å²) in [5.74, 6) is 0.935. The zero-order valence-corrected chi connectivity index (χ0v) is 84.6. The normalized spacial score (nSPS) is 12.5. The Hall–Kier alpha value is -17.3. The van der Waals surface area contributed by atoms with E-state index in [-0.39, 0.29) is 10.8 Å². The Kier molecular flexibility index (Phi) is 24.3. The monoisotopic (exact) mass is 1980 g/mol. The molecular formula is C131H109F6N10OP. The van der Waals surface area contributed by atoms with Crippen molar-refractivity contribution in [3.63, 3.8) is 0 Å². The molecule has 0 spiro atoms. The second-order valence-corrected chi connectivity index (χ2v) is 42.5. The minimum absolute atomic E-state index is 0.0956. The SMILES string of the molecule is C[n+]1ccn(CCCCCCOc2cccc(-n3c4ccc(C(C)(C)C)cc4c4cc(C(C)(C)C)ccc43)c2)c1.F[P-](F)(F)(F)(F)F.c1cc(-c2cccc(-c3cccc(-n4c5ccccc5c5ccccc54)c3)n2)cc(-n2c3ccccc3c3ccccc32)c1.c1ccc2c(c1)c1ccccc1n2-c1ccc(N(c2ccc(-n3c4ccccc4c4ccccc43)cc2)c2ccc(-n3c4ccccc4c4ccccc43)cc2)cc1. The smallest absolute Gasteiger partial charge is 0.0710 e. The summed E-state index contributed by atoms with van der Waals surface area (Å²) in [4.78, 5) is 7.55. The third-order valence-corrected chi connectivity index (χ3v) is 28.5. The van der Waals surface area contributed by atoms with Gasteiger partial charge in [-0.1, -0.05) is 272 Å². The van der Waals surface area contributed by atoms with E-state index in [1.807, 2.05) is 0 Å². The molecule has 0 fully saturated rings. The van der Waals surface area contributed by atoms with Crippen LogP contribution < -0.4 is 14.2 Å². The Bertz CT molecular complexity index is 8670. The first-order valence-electron chi connectivity index (χ1n) is 50.7. The van der Waals surface area contributed by atoms with Crippen molar-refractivity contribution in [1.82, 2.24) is 37.0 Å². The van der Waals surface area contributed by atoms with Gasteiger partial charge in [0.1, 0.15) is 18.1 Å². The average molecular weight is 1980 g/mol. The third kappa shape index (κ3) is 19.2. The van der Waals surface area contributed by atoms with E-state index in [4.69, 9.17) is 9.72 Å². The number of para-hydroxylation sites is 10. The summed E-state index contributed by atoms with van der Waals surface area (Å²) in [6, 6.07) is 160. The van der Waals surface area contributed by atoms with Crippen molar-refractivity contribution in [2.75, 3.05) is 11.5 Å². The first kappa shape index (κ1) is 95.3. The van der Waals surface area contributed by atoms with Crippen LogP contribution in [-0.4, -0.2) is 43.6 Å². The molecule has 0 amide bonds. The number of anilines is 3. The molecule has 0 radical (unpaired) electrons. The summed E-state index contributed by atoms with van der Waals surface area (Å²) in [5, 5.41) is 15.2. The average Bonchev–Trinajstić information content (AvgIpc) is 1.59. The van der Waals surface area contributed by atoms with Gasteiger partial charge in [-0.25, -0.2) is 14.1 Å². The number of rotatable bonds is 19. The molecule has 0 saturated heterocycles. The molecule has 11 nitrogen and oxygen atoms in total. The summed E-state index contributed by atoms with van der Waals surface area (Å²) in [7, 11) is -8.59. The van der Waals surface area contributed by atoms with Crippen LogP contribution in [0.25, 0.3) is 187 Å². The number of hydrogen-bond donors (Lipinski definition) is 0. The van der Waals surface area contributed by atoms with Crippen LogP contribution in [0.3, 0.4) is 0 Å². The number of hydrogen-bond acceptors (Lipinski definition) is 3. The van der Waals surface area contributed by atoms with Gasteiger partial charge >= 0.3 is 33.0 Å². The van der Waals surface area contributed by atoms with Gasteiger partial charge in [-0.05, 0) is 254 Å². The molecule has 149 heavy (non-hydrogen) atoms. The zero-order valence-electron chi connectivity index (χ0n) is 83.7. The van der Waals surface area contributed by atoms with Gasteiger partial charge in [0.05, 0.1) is 97.8 Å². The second-order valence-electron chi connectivity index (χ2n) is 40.6. The van der Waals surface area contributed by atoms with Gasteiger partial charge in [-0.2, -0.15) is 0 Å². The van der Waals surface area contributed by atoms with E-state index in [0.717, 1.165) is 99.0 Å². The molecule has 0 aliphatic carbocycles. The fourth-order valence-corrected chi connectivity index (χ4v) is 21.6. The molecule has 26 rings (SSSR count). The van der Waals surface area contributed by atoms with Crippen LogP contribution >= 0.6 is 7.81 Å². The number of aryl methyl sites for hydroxylation is 2. The molecule has 8 aromatic heterocycles. The number of unbranched alkanes of at least 4 members (excludes halogenated alkanes) is 3. The van der Waals surface area contributed by atoms with Gasteiger partial charge in [0, 0.05) is 133 Å². The van der Waals surface area contributed by atoms with Crippen molar-refractivity contribution >= 4 is 156 Å². The fourth-order valence-electron chi connectivity index (χ4n) is 21.6. The Balaban J connectivity index is 0.000000121. The molecule has 8 heterocycles. The quantitative estimate of drug-likeness (QED) is 0.0351. The molecule has 0 unspecified atom stereocenters. The maximum absolute atomic E-state index is 10.7. The number of imidazole rings is 1. The van der Waals surface area contributed by atoms with Crippen LogP contribution in [0.1, 0.15) is 78.4 Å². The minimum atomic E-state index is -10.7. The van der Waals surface area contributed by atoms with Crippen LogP contribution in [0.15, 0.2) is 462 Å². The van der Waals surface area contributed by atoms with Gasteiger partial charge in [0.15, 0.2) is 0 Å². The third-order valence-electron chi connectivity index (χ3n) is 28.5. The summed E-state index contributed by atoms with van der Waals surface area (Å²) >= 11 is 0. The number of benzene rings is 18. The van der Waals surface area contributed by atoms with Gasteiger partial charge in [-0.3, -0.25) is 0 Å². The molecule has 0 aliphatic rings. The van der Waals surface area contributed by atoms with E-state index in [0.29, 0.717) is 0 Å². The van der Waals surface area contributed by atoms with Gasteiger partial charge in [0.2, 0.25) is 6.33 Å². The molecule has 26 aromatic rings. The fraction of sp³-hybridized carbons (Fsp3) is 0.115. The Morgan fingerprint density at radius 2 is 0.537 bits per heavy atom. The van der Waals surface area contributed by atoms with Crippen molar-refractivity contribution in [3.05, 3.63) is 473 Å². The first-order valence-corrected chi connectivity index (χ1v) is 52.7. The number of ether oxygens (including phenoxy) is 1. The van der Waals surface area contributed by atoms with E-state index in [9.17, 15) is 25.2 Å². The van der Waals surface area contributed by atoms with E-state index in [1.165, 1.54) is 161 Å². The molecule has 0 bridgehead atoms. The molecule has 0 atom stereocenters. The molecule has 0 saturated carbocycles. The van der Waals surface area contributed by atoms with E-state index in [1.54, 1.807) is 0 Å². The van der Waals surface area contributed by atoms with Gasteiger partial charge in [0.25, 0.3) is 0 Å². The largest absolute Gasteiger partial charge is 0.310 e. The Morgan fingerprint density at radius 3 is 0.832 bits per heavy atom. The zero-order chi connectivity index (χ0) is 102. The van der Waals surface area contributed by atoms with Gasteiger partial charge in [-0.15, -0.1) is 0 Å². The number of pyridine rings is 1. The number of fused-ring (bicyclic) bond motifs is 18. The van der Waals surface area contributed by atoms with Crippen molar-refractivity contribution in [2.24, 2.45) is 7.05 Å². The Morgan fingerprint density at radius 1 is 0.268 bits per heavy atom. The number of nitrogens with zero attached hydrogens (tertiary/aromatic N) is 10. The number of aromatic nitrogens is 9. The minimum Gasteiger partial charge on any atom is -0.310 e. The van der Waals surface area contributed by atoms with Crippen molar-refractivity contribution in [1.29, 1.82) is 0 Å². The first-order chi connectivity index (χ1) is 72.1. The topological polar surface area (TPSA) is 63.8 Å². The van der Waals surface area contributed by atoms with Crippen molar-refractivity contribution in [3.8, 4) is 62.4 Å². The van der Waals surface area contributed by atoms with Crippen LogP contribution in [0.2, 0.25) is 0 Å². The van der Waals surface area contributed by atoms with Gasteiger partial charge < -0.3 is 37.0 Å². The standard InChI is InChI=1S/C54H36N4.C41H27N3.C36H46N3O.F6P/c1-7-19-49-43(13-1)44-14-2-8-20-50(44)56(49)40-31-25-37(26-32-40)55(38-27-33-41(34-28-38)57-51-21-9-3-15-45(51)46-16-4-10-22-52(46)57)39-29-35-42(36-30-39)58-53-23-11-5-17-47(53)48-18-6-12-24-54(48)58;1-5-22-38-32(16-1)33-17-2-6-23-39(33)43(38)30-14-9-12-28(26-30)36-20-11-21-37(42-36)29-13-10-15-31(27-29)44-40-24-7-3-18-34(40)35-19-4-8-25-41(35)44;1-35(2,3)27-15-17-33-31(23-27)32-24-28(36(4,5)6)16-18-34(32)39(33)29-13-12-14-30(25-29)40-22-11-9-8-10-19-38-21-20-37(7)26-38;1-7(2,3,4,5)6/h1-36H;1-27H;12-18,20-21,23-26H,8-11,19,22H2,1-7H3;/q;;+1;-1. The van der Waals surface area contributed by atoms with Crippen LogP contribution in [-0.2, 0) is 24.4 Å². The summed E-state index contributed by atoms with van der Waals surface area (Å²) in [6.45, 7) is 15.6. The van der Waals surface area contributed by atoms with Crippen LogP contribution in [0, 0.1) is 0 Å². The van der Waals surface area contributed by atoms with E-state index in [2.05, 4.69) is 552 Å². The van der Waals surface area contributed by atoms with E-state index >= 15 is 0 Å². The molecule has 0 aliphatic heterocycles. The Labute approximate surface area is 859 Å². The van der Waals surface area contributed by atoms with Crippen molar-refractivity contribution in [2.45, 2.75) is 84.6 Å². The molecule has 18 heteroatoms. The summed E-state index contributed by atoms with van der Waals surface area (Å²) in [5.41, 5.74) is 31.5. The molecule has 18 aromatic carbocycles. The second kappa shape index (κ2) is 38.0. The molecular weight excluding hydrogens is 1870 g/mol.